The zero-order valence-corrected chi connectivity index (χ0v) is 22.5. The van der Waals surface area contributed by atoms with Crippen molar-refractivity contribution in [3.05, 3.63) is 47.9 Å². The van der Waals surface area contributed by atoms with Crippen LogP contribution < -0.4 is 17.2 Å². The predicted molar refractivity (Wildman–Crippen MR) is 153 cm³/mol. The molecule has 2 aliphatic carbocycles. The number of rotatable bonds is 3. The van der Waals surface area contributed by atoms with Crippen LogP contribution in [0.1, 0.15) is 74.1 Å². The largest absolute Gasteiger partial charge is 0.384 e. The number of Topliss-reactive ketones (excluding diaryl/α,β-unsaturated/α-hetero) is 2. The van der Waals surface area contributed by atoms with Gasteiger partial charge in [-0.2, -0.15) is 0 Å². The van der Waals surface area contributed by atoms with Crippen LogP contribution in [0.5, 0.6) is 0 Å². The highest BCUT2D eigenvalue weighted by Crippen LogP contribution is 2.22. The topological polar surface area (TPSA) is 169 Å². The number of fused-ring (bicyclic) bond motifs is 1. The van der Waals surface area contributed by atoms with Gasteiger partial charge in [0, 0.05) is 25.8 Å². The average molecular weight is 537 g/mol. The maximum Gasteiger partial charge on any atom is 0.194 e. The molecule has 38 heavy (non-hydrogen) atoms. The molecule has 11 heteroatoms. The van der Waals surface area contributed by atoms with Gasteiger partial charge < -0.3 is 21.8 Å². The summed E-state index contributed by atoms with van der Waals surface area (Å²) in [6.45, 7) is 0.949. The molecule has 0 spiro atoms. The van der Waals surface area contributed by atoms with Gasteiger partial charge in [0.05, 0.1) is 6.54 Å². The average Bonchev–Trinajstić information content (AvgIpc) is 3.72. The number of aryl methyl sites for hydroxylation is 1. The first-order valence-electron chi connectivity index (χ1n) is 13.0. The van der Waals surface area contributed by atoms with E-state index in [1.807, 2.05) is 12.1 Å². The molecular formula is C27H36N8O2S. The molecule has 3 aromatic rings. The Bertz CT molecular complexity index is 1210. The van der Waals surface area contributed by atoms with Crippen LogP contribution >= 0.6 is 12.2 Å². The lowest BCUT2D eigenvalue weighted by Crippen LogP contribution is -2.15. The molecule has 2 fully saturated rings. The van der Waals surface area contributed by atoms with Gasteiger partial charge in [0.2, 0.25) is 0 Å². The number of anilines is 2. The van der Waals surface area contributed by atoms with Crippen LogP contribution in [0.25, 0.3) is 11.5 Å². The quantitative estimate of drug-likeness (QED) is 0.331. The maximum absolute atomic E-state index is 10.9. The normalized spacial score (nSPS) is 15.4. The van der Waals surface area contributed by atoms with Crippen molar-refractivity contribution in [2.24, 2.45) is 5.73 Å². The first-order chi connectivity index (χ1) is 18.4. The van der Waals surface area contributed by atoms with Gasteiger partial charge in [0.1, 0.15) is 34.6 Å². The number of carbonyl (C=O) groups excluding carboxylic acids is 2. The van der Waals surface area contributed by atoms with E-state index in [1.54, 1.807) is 24.3 Å². The Hall–Kier alpha value is -3.57. The van der Waals surface area contributed by atoms with Crippen LogP contribution in [0.3, 0.4) is 0 Å². The Morgan fingerprint density at radius 1 is 0.842 bits per heavy atom. The number of hydrogen-bond donors (Lipinski definition) is 3. The number of aromatic nitrogens is 5. The van der Waals surface area contributed by atoms with Gasteiger partial charge in [0.15, 0.2) is 11.6 Å². The Kier molecular flexibility index (Phi) is 11.4. The van der Waals surface area contributed by atoms with E-state index >= 15 is 0 Å². The summed E-state index contributed by atoms with van der Waals surface area (Å²) in [7, 11) is 0. The van der Waals surface area contributed by atoms with Crippen molar-refractivity contribution in [1.29, 1.82) is 0 Å². The number of nitrogen functional groups attached to an aromatic ring is 2. The molecule has 202 valence electrons. The van der Waals surface area contributed by atoms with Crippen molar-refractivity contribution in [3.63, 3.8) is 0 Å². The van der Waals surface area contributed by atoms with E-state index in [-0.39, 0.29) is 12.3 Å². The second-order valence-corrected chi connectivity index (χ2v) is 9.79. The third-order valence-electron chi connectivity index (χ3n) is 6.17. The maximum atomic E-state index is 10.9. The fourth-order valence-electron chi connectivity index (χ4n) is 4.17. The molecule has 3 aliphatic rings. The molecule has 0 unspecified atom stereocenters. The van der Waals surface area contributed by atoms with Gasteiger partial charge in [-0.25, -0.2) is 9.97 Å². The number of carbonyl (C=O) groups is 2. The molecule has 0 aromatic carbocycles. The van der Waals surface area contributed by atoms with Crippen LogP contribution in [0, 0.1) is 0 Å². The number of nitrogens with zero attached hydrogens (tertiary/aromatic N) is 5. The number of ketones is 2. The van der Waals surface area contributed by atoms with Crippen LogP contribution in [-0.2, 0) is 17.8 Å². The smallest absolute Gasteiger partial charge is 0.194 e. The summed E-state index contributed by atoms with van der Waals surface area (Å²) < 4.78 is 2.11. The number of thiocarbonyl (C=S) groups is 1. The van der Waals surface area contributed by atoms with Gasteiger partial charge in [-0.05, 0) is 74.1 Å². The van der Waals surface area contributed by atoms with E-state index in [0.29, 0.717) is 23.1 Å². The van der Waals surface area contributed by atoms with Crippen molar-refractivity contribution in [3.8, 4) is 11.5 Å². The summed E-state index contributed by atoms with van der Waals surface area (Å²) in [6, 6.07) is 10.4. The Morgan fingerprint density at radius 3 is 2.00 bits per heavy atom. The molecule has 6 rings (SSSR count). The highest BCUT2D eigenvalue weighted by atomic mass is 32.1. The molecule has 0 amide bonds. The summed E-state index contributed by atoms with van der Waals surface area (Å²) in [5.41, 5.74) is 17.2. The van der Waals surface area contributed by atoms with Gasteiger partial charge in [-0.3, -0.25) is 9.59 Å². The minimum Gasteiger partial charge on any atom is -0.384 e. The lowest BCUT2D eigenvalue weighted by molar-refractivity contribution is -0.117. The molecule has 0 radical (unpaired) electrons. The first kappa shape index (κ1) is 29.0. The molecular weight excluding hydrogens is 500 g/mol. The van der Waals surface area contributed by atoms with E-state index in [1.165, 1.54) is 30.5 Å². The summed E-state index contributed by atoms with van der Waals surface area (Å²) in [5.74, 6) is 2.99. The number of pyridine rings is 2. The third kappa shape index (κ3) is 9.07. The van der Waals surface area contributed by atoms with Crippen molar-refractivity contribution in [2.45, 2.75) is 70.8 Å². The predicted octanol–water partition coefficient (Wildman–Crippen LogP) is 3.73. The standard InChI is InChI=1S/C10H11N5.C7H9N3O.C5H8O.C5H8S/c11-8-4-1-3-7(12-8)10-14-13-9-5-2-6-15(9)10;8-4-6(11)5-2-1-3-7(9)10-5;2*6-5-3-1-2-4-5/h1,3-4H,2,5-6H2,(H2,11,12);1-3H,4,8H2,(H2,9,10);2*1-4H2. The monoisotopic (exact) mass is 536 g/mol. The molecule has 0 bridgehead atoms. The van der Waals surface area contributed by atoms with Crippen LogP contribution in [0.15, 0.2) is 36.4 Å². The van der Waals surface area contributed by atoms with E-state index in [2.05, 4.69) is 24.7 Å². The molecule has 1 aliphatic heterocycles. The Labute approximate surface area is 228 Å². The van der Waals surface area contributed by atoms with Crippen LogP contribution in [0.2, 0.25) is 0 Å². The molecule has 0 saturated heterocycles. The Balaban J connectivity index is 0.000000152. The molecule has 3 aromatic heterocycles. The van der Waals surface area contributed by atoms with Gasteiger partial charge in [0.25, 0.3) is 0 Å². The van der Waals surface area contributed by atoms with Gasteiger partial charge >= 0.3 is 0 Å². The third-order valence-corrected chi connectivity index (χ3v) is 6.58. The van der Waals surface area contributed by atoms with Crippen molar-refractivity contribution < 1.29 is 9.59 Å². The van der Waals surface area contributed by atoms with E-state index in [4.69, 9.17) is 29.4 Å². The fraction of sp³-hybridized carbons (Fsp3) is 0.444. The zero-order chi connectivity index (χ0) is 27.3. The van der Waals surface area contributed by atoms with Crippen molar-refractivity contribution in [2.75, 3.05) is 18.0 Å². The zero-order valence-electron chi connectivity index (χ0n) is 21.6. The lowest BCUT2D eigenvalue weighted by atomic mass is 10.2. The van der Waals surface area contributed by atoms with E-state index in [9.17, 15) is 9.59 Å². The van der Waals surface area contributed by atoms with Crippen molar-refractivity contribution >= 4 is 40.3 Å². The Morgan fingerprint density at radius 2 is 1.47 bits per heavy atom. The van der Waals surface area contributed by atoms with Crippen molar-refractivity contribution in [1.82, 2.24) is 24.7 Å². The molecule has 6 N–H and O–H groups in total. The number of hydrogen-bond acceptors (Lipinski definition) is 10. The minimum absolute atomic E-state index is 0.0313. The highest BCUT2D eigenvalue weighted by Gasteiger charge is 2.19. The second kappa shape index (κ2) is 15.0. The summed E-state index contributed by atoms with van der Waals surface area (Å²) in [5, 5.41) is 8.28. The van der Waals surface area contributed by atoms with E-state index in [0.717, 1.165) is 62.4 Å². The first-order valence-corrected chi connectivity index (χ1v) is 13.4. The minimum atomic E-state index is -0.197. The van der Waals surface area contributed by atoms with E-state index < -0.39 is 0 Å². The fourth-order valence-corrected chi connectivity index (χ4v) is 4.45. The SMILES string of the molecule is NCC(=O)c1cccc(N)n1.Nc1cccc(-c2nnc3n2CCC3)n1.O=C1CCCC1.S=C1CCCC1. The molecule has 2 saturated carbocycles. The molecule has 4 heterocycles. The van der Waals surface area contributed by atoms with Crippen LogP contribution in [-0.4, -0.2) is 47.7 Å². The molecule has 10 nitrogen and oxygen atoms in total. The highest BCUT2D eigenvalue weighted by molar-refractivity contribution is 7.80. The lowest BCUT2D eigenvalue weighted by Gasteiger charge is -2.02. The van der Waals surface area contributed by atoms with Gasteiger partial charge in [-0.1, -0.05) is 24.4 Å². The van der Waals surface area contributed by atoms with Crippen LogP contribution in [0.4, 0.5) is 11.6 Å². The number of nitrogens with two attached hydrogens (primary N) is 3. The second-order valence-electron chi connectivity index (χ2n) is 9.21. The summed E-state index contributed by atoms with van der Waals surface area (Å²) in [6.07, 6.45) is 11.2. The summed E-state index contributed by atoms with van der Waals surface area (Å²) >= 11 is 4.92. The summed E-state index contributed by atoms with van der Waals surface area (Å²) in [4.78, 5) is 30.5. The molecule has 0 atom stereocenters. The van der Waals surface area contributed by atoms with Gasteiger partial charge in [-0.15, -0.1) is 10.2 Å².